The molecule has 0 saturated carbocycles. The summed E-state index contributed by atoms with van der Waals surface area (Å²) in [5, 5.41) is 13.4. The second kappa shape index (κ2) is 15.4. The van der Waals surface area contributed by atoms with Gasteiger partial charge in [-0.25, -0.2) is 10.3 Å². The number of aliphatic hydroxyl groups excluding tert-OH is 1. The van der Waals surface area contributed by atoms with Gasteiger partial charge in [-0.3, -0.25) is 9.59 Å². The van der Waals surface area contributed by atoms with Crippen LogP contribution in [-0.2, 0) is 39.6 Å². The normalized spacial score (nSPS) is 19.6. The highest BCUT2D eigenvalue weighted by Crippen LogP contribution is 2.38. The van der Waals surface area contributed by atoms with Crippen molar-refractivity contribution in [2.24, 2.45) is 5.92 Å². The van der Waals surface area contributed by atoms with E-state index in [0.717, 1.165) is 38.5 Å². The molecule has 2 aromatic carbocycles. The molecule has 45 heavy (non-hydrogen) atoms. The number of nitrogens with one attached hydrogen (secondary N) is 2. The Morgan fingerprint density at radius 3 is 2.33 bits per heavy atom. The number of anilines is 1. The lowest BCUT2D eigenvalue weighted by molar-refractivity contribution is -0.200. The number of unbranched alkanes of at least 4 members (excludes halogenated alkanes) is 3. The molecular formula is C32H38F6N2O5. The van der Waals surface area contributed by atoms with E-state index in [-0.39, 0.29) is 42.5 Å². The first-order valence-electron chi connectivity index (χ1n) is 15.3. The molecule has 1 amide bonds. The van der Waals surface area contributed by atoms with Crippen LogP contribution in [0.3, 0.4) is 0 Å². The molecule has 13 heteroatoms. The molecule has 3 N–H and O–H groups in total. The first-order chi connectivity index (χ1) is 21.3. The molecule has 2 aliphatic rings. The van der Waals surface area contributed by atoms with E-state index in [2.05, 4.69) is 10.8 Å². The summed E-state index contributed by atoms with van der Waals surface area (Å²) in [6.45, 7) is 0.628. The van der Waals surface area contributed by atoms with Crippen molar-refractivity contribution in [2.45, 2.75) is 102 Å². The van der Waals surface area contributed by atoms with E-state index in [4.69, 9.17) is 9.57 Å². The Labute approximate surface area is 257 Å². The fourth-order valence-electron chi connectivity index (χ4n) is 5.66. The molecule has 7 nitrogen and oxygen atoms in total. The summed E-state index contributed by atoms with van der Waals surface area (Å²) in [6.07, 6.45) is -4.13. The lowest BCUT2D eigenvalue weighted by Crippen LogP contribution is -2.32. The van der Waals surface area contributed by atoms with Crippen molar-refractivity contribution in [3.05, 3.63) is 64.2 Å². The standard InChI is InChI=1S/C32H38F6N2O5/c33-31(34,35)23-16-20(17-24(19-23)32(36,37)38)15-22-11-10-21-18-25(12-13-26(21)30(22)43)39-27(41)7-3-1-2-4-8-28(42)40-45-29-9-5-6-14-44-29/h12-13,16-19,22,27,29,39,41H,1-11,14-15H2,(H,40,42). The van der Waals surface area contributed by atoms with Gasteiger partial charge in [0.1, 0.15) is 6.23 Å². The van der Waals surface area contributed by atoms with Crippen molar-refractivity contribution in [2.75, 3.05) is 11.9 Å². The van der Waals surface area contributed by atoms with Crippen LogP contribution in [0.5, 0.6) is 0 Å². The van der Waals surface area contributed by atoms with Crippen LogP contribution in [0.4, 0.5) is 32.0 Å². The summed E-state index contributed by atoms with van der Waals surface area (Å²) in [4.78, 5) is 30.3. The number of rotatable bonds is 13. The number of aliphatic hydroxyl groups is 1. The molecule has 1 aliphatic carbocycles. The van der Waals surface area contributed by atoms with Crippen LogP contribution in [0, 0.1) is 5.92 Å². The monoisotopic (exact) mass is 644 g/mol. The van der Waals surface area contributed by atoms with Crippen molar-refractivity contribution in [1.29, 1.82) is 0 Å². The lowest BCUT2D eigenvalue weighted by Gasteiger charge is -2.25. The number of hydroxylamine groups is 1. The van der Waals surface area contributed by atoms with Crippen molar-refractivity contribution >= 4 is 17.4 Å². The van der Waals surface area contributed by atoms with Crippen LogP contribution in [-0.4, -0.2) is 35.9 Å². The quantitative estimate of drug-likeness (QED) is 0.0913. The number of ether oxygens (including phenoxy) is 1. The molecule has 1 saturated heterocycles. The molecule has 0 bridgehead atoms. The molecule has 3 atom stereocenters. The van der Waals surface area contributed by atoms with Crippen molar-refractivity contribution < 1.29 is 50.6 Å². The van der Waals surface area contributed by atoms with E-state index < -0.39 is 35.6 Å². The number of amides is 1. The van der Waals surface area contributed by atoms with E-state index in [0.29, 0.717) is 61.2 Å². The van der Waals surface area contributed by atoms with Gasteiger partial charge in [0.25, 0.3) is 0 Å². The molecule has 0 spiro atoms. The SMILES string of the molecule is O=C(CCCCCCC(O)Nc1ccc2c(c1)CCC(Cc1cc(C(F)(F)F)cc(C(F)(F)F)c1)C2=O)NOC1CCCCO1. The Morgan fingerprint density at radius 2 is 1.67 bits per heavy atom. The molecule has 4 rings (SSSR count). The van der Waals surface area contributed by atoms with Gasteiger partial charge in [0, 0.05) is 36.6 Å². The summed E-state index contributed by atoms with van der Waals surface area (Å²) >= 11 is 0. The lowest BCUT2D eigenvalue weighted by atomic mass is 9.79. The number of ketones is 1. The van der Waals surface area contributed by atoms with Gasteiger partial charge >= 0.3 is 12.4 Å². The van der Waals surface area contributed by atoms with Crippen LogP contribution in [0.2, 0.25) is 0 Å². The van der Waals surface area contributed by atoms with Gasteiger partial charge in [-0.2, -0.15) is 26.3 Å². The molecule has 0 aromatic heterocycles. The summed E-state index contributed by atoms with van der Waals surface area (Å²) in [5.74, 6) is -1.29. The largest absolute Gasteiger partial charge is 0.416 e. The topological polar surface area (TPSA) is 96.9 Å². The summed E-state index contributed by atoms with van der Waals surface area (Å²) in [6, 6.07) is 6.35. The van der Waals surface area contributed by atoms with E-state index in [1.807, 2.05) is 0 Å². The minimum absolute atomic E-state index is 0.0800. The zero-order chi connectivity index (χ0) is 32.6. The smallest absolute Gasteiger partial charge is 0.374 e. The van der Waals surface area contributed by atoms with Gasteiger partial charge in [0.05, 0.1) is 11.1 Å². The third-order valence-corrected chi connectivity index (χ3v) is 8.04. The number of hydrogen-bond acceptors (Lipinski definition) is 6. The molecule has 1 aliphatic heterocycles. The van der Waals surface area contributed by atoms with Gasteiger partial charge in [-0.1, -0.05) is 12.8 Å². The fraction of sp³-hybridized carbons (Fsp3) is 0.562. The Hall–Kier alpha value is -3.16. The van der Waals surface area contributed by atoms with Crippen molar-refractivity contribution in [3.63, 3.8) is 0 Å². The molecule has 2 aromatic rings. The Bertz CT molecular complexity index is 1280. The number of fused-ring (bicyclic) bond motifs is 1. The second-order valence-corrected chi connectivity index (χ2v) is 11.6. The van der Waals surface area contributed by atoms with E-state index in [1.165, 1.54) is 0 Å². The second-order valence-electron chi connectivity index (χ2n) is 11.6. The van der Waals surface area contributed by atoms with Crippen molar-refractivity contribution in [3.8, 4) is 0 Å². The predicted molar refractivity (Wildman–Crippen MR) is 153 cm³/mol. The highest BCUT2D eigenvalue weighted by atomic mass is 19.4. The number of alkyl halides is 6. The third-order valence-electron chi connectivity index (χ3n) is 8.04. The number of carbonyl (C=O) groups excluding carboxylic acids is 2. The Balaban J connectivity index is 1.21. The zero-order valence-electron chi connectivity index (χ0n) is 24.7. The van der Waals surface area contributed by atoms with Gasteiger partial charge in [0.15, 0.2) is 12.1 Å². The summed E-state index contributed by atoms with van der Waals surface area (Å²) in [7, 11) is 0. The van der Waals surface area contributed by atoms with E-state index in [9.17, 15) is 41.0 Å². The number of hydrogen-bond donors (Lipinski definition) is 3. The molecule has 248 valence electrons. The maximum atomic E-state index is 13.3. The fourth-order valence-corrected chi connectivity index (χ4v) is 5.66. The number of benzene rings is 2. The molecule has 1 heterocycles. The van der Waals surface area contributed by atoms with Crippen LogP contribution in [0.15, 0.2) is 36.4 Å². The summed E-state index contributed by atoms with van der Waals surface area (Å²) < 4.78 is 84.9. The van der Waals surface area contributed by atoms with Crippen molar-refractivity contribution in [1.82, 2.24) is 5.48 Å². The Morgan fingerprint density at radius 1 is 0.956 bits per heavy atom. The minimum Gasteiger partial charge on any atom is -0.374 e. The third kappa shape index (κ3) is 10.4. The van der Waals surface area contributed by atoms with Gasteiger partial charge < -0.3 is 15.2 Å². The molecular weight excluding hydrogens is 606 g/mol. The van der Waals surface area contributed by atoms with Crippen LogP contribution in [0.25, 0.3) is 0 Å². The van der Waals surface area contributed by atoms with Gasteiger partial charge in [-0.05, 0) is 98.9 Å². The van der Waals surface area contributed by atoms with E-state index >= 15 is 0 Å². The summed E-state index contributed by atoms with van der Waals surface area (Å²) in [5.41, 5.74) is 1.11. The first-order valence-corrected chi connectivity index (χ1v) is 15.3. The van der Waals surface area contributed by atoms with Crippen LogP contribution >= 0.6 is 0 Å². The number of aryl methyl sites for hydroxylation is 1. The number of carbonyl (C=O) groups is 2. The number of Topliss-reactive ketones (excluding diaryl/α,β-unsaturated/α-hetero) is 1. The maximum Gasteiger partial charge on any atom is 0.416 e. The highest BCUT2D eigenvalue weighted by Gasteiger charge is 2.37. The predicted octanol–water partition coefficient (Wildman–Crippen LogP) is 7.36. The molecule has 1 fully saturated rings. The molecule has 0 radical (unpaired) electrons. The molecule has 3 unspecified atom stereocenters. The van der Waals surface area contributed by atoms with Crippen LogP contribution in [0.1, 0.15) is 96.8 Å². The highest BCUT2D eigenvalue weighted by molar-refractivity contribution is 6.00. The number of halogens is 6. The maximum absolute atomic E-state index is 13.3. The van der Waals surface area contributed by atoms with Gasteiger partial charge in [0.2, 0.25) is 5.91 Å². The van der Waals surface area contributed by atoms with E-state index in [1.54, 1.807) is 18.2 Å². The van der Waals surface area contributed by atoms with Gasteiger partial charge in [-0.15, -0.1) is 0 Å². The Kier molecular flexibility index (Phi) is 11.9. The average Bonchev–Trinajstić information content (AvgIpc) is 2.99. The zero-order valence-corrected chi connectivity index (χ0v) is 24.7. The average molecular weight is 645 g/mol. The first kappa shape index (κ1) is 34.7. The van der Waals surface area contributed by atoms with Crippen LogP contribution < -0.4 is 10.8 Å². The minimum atomic E-state index is -4.95.